The van der Waals surface area contributed by atoms with Crippen LogP contribution < -0.4 is 10.6 Å². The standard InChI is InChI=1S/C14H20N2OS/c1-15-8-2-5-14(17)16-12-6-7-13-11(10-12)4-3-9-18-13/h6-7,10,15H,2-5,8-9H2,1H3,(H,16,17). The van der Waals surface area contributed by atoms with Crippen LogP contribution >= 0.6 is 11.8 Å². The molecule has 0 unspecified atom stereocenters. The second kappa shape index (κ2) is 6.81. The number of anilines is 1. The summed E-state index contributed by atoms with van der Waals surface area (Å²) in [5.74, 6) is 1.32. The van der Waals surface area contributed by atoms with E-state index in [2.05, 4.69) is 22.8 Å². The fourth-order valence-corrected chi connectivity index (χ4v) is 3.11. The molecule has 0 saturated heterocycles. The second-order valence-electron chi connectivity index (χ2n) is 4.53. The van der Waals surface area contributed by atoms with Crippen LogP contribution in [-0.4, -0.2) is 25.3 Å². The largest absolute Gasteiger partial charge is 0.326 e. The zero-order valence-electron chi connectivity index (χ0n) is 10.8. The molecule has 98 valence electrons. The summed E-state index contributed by atoms with van der Waals surface area (Å²) in [6.45, 7) is 0.883. The predicted octanol–water partition coefficient (Wildman–Crippen LogP) is 2.66. The molecule has 2 N–H and O–H groups in total. The van der Waals surface area contributed by atoms with Crippen molar-refractivity contribution < 1.29 is 4.79 Å². The molecule has 0 spiro atoms. The van der Waals surface area contributed by atoms with Crippen LogP contribution in [-0.2, 0) is 11.2 Å². The van der Waals surface area contributed by atoms with Crippen LogP contribution in [0.15, 0.2) is 23.1 Å². The highest BCUT2D eigenvalue weighted by Crippen LogP contribution is 2.31. The molecule has 3 nitrogen and oxygen atoms in total. The Hall–Kier alpha value is -1.00. The van der Waals surface area contributed by atoms with E-state index in [0.717, 1.165) is 25.1 Å². The molecule has 2 rings (SSSR count). The van der Waals surface area contributed by atoms with Gasteiger partial charge < -0.3 is 10.6 Å². The molecule has 1 aromatic rings. The summed E-state index contributed by atoms with van der Waals surface area (Å²) in [5.41, 5.74) is 2.31. The number of benzene rings is 1. The van der Waals surface area contributed by atoms with E-state index >= 15 is 0 Å². The molecule has 1 aliphatic heterocycles. The van der Waals surface area contributed by atoms with Gasteiger partial charge in [-0.15, -0.1) is 11.8 Å². The van der Waals surface area contributed by atoms with Crippen molar-refractivity contribution in [1.29, 1.82) is 0 Å². The van der Waals surface area contributed by atoms with Crippen molar-refractivity contribution in [2.45, 2.75) is 30.6 Å². The van der Waals surface area contributed by atoms with Crippen molar-refractivity contribution in [1.82, 2.24) is 5.32 Å². The quantitative estimate of drug-likeness (QED) is 0.803. The monoisotopic (exact) mass is 264 g/mol. The minimum absolute atomic E-state index is 0.105. The maximum absolute atomic E-state index is 11.7. The Balaban J connectivity index is 1.91. The molecular formula is C14H20N2OS. The van der Waals surface area contributed by atoms with Gasteiger partial charge in [0.2, 0.25) is 5.91 Å². The van der Waals surface area contributed by atoms with Crippen LogP contribution in [0.5, 0.6) is 0 Å². The fourth-order valence-electron chi connectivity index (χ4n) is 2.09. The van der Waals surface area contributed by atoms with Crippen LogP contribution in [0.4, 0.5) is 5.69 Å². The van der Waals surface area contributed by atoms with E-state index in [9.17, 15) is 4.79 Å². The topological polar surface area (TPSA) is 41.1 Å². The average Bonchev–Trinajstić information content (AvgIpc) is 2.39. The smallest absolute Gasteiger partial charge is 0.224 e. The lowest BCUT2D eigenvalue weighted by Crippen LogP contribution is -2.15. The Morgan fingerprint density at radius 2 is 2.33 bits per heavy atom. The van der Waals surface area contributed by atoms with E-state index in [1.807, 2.05) is 24.9 Å². The highest BCUT2D eigenvalue weighted by Gasteiger charge is 2.10. The summed E-state index contributed by atoms with van der Waals surface area (Å²) in [7, 11) is 1.90. The first-order valence-electron chi connectivity index (χ1n) is 6.50. The van der Waals surface area contributed by atoms with E-state index in [4.69, 9.17) is 0 Å². The molecule has 4 heteroatoms. The second-order valence-corrected chi connectivity index (χ2v) is 5.67. The predicted molar refractivity (Wildman–Crippen MR) is 77.3 cm³/mol. The molecule has 1 aliphatic rings. The van der Waals surface area contributed by atoms with E-state index in [0.29, 0.717) is 6.42 Å². The third-order valence-corrected chi connectivity index (χ3v) is 4.22. The van der Waals surface area contributed by atoms with Gasteiger partial charge in [0.15, 0.2) is 0 Å². The van der Waals surface area contributed by atoms with Crippen LogP contribution in [0.3, 0.4) is 0 Å². The number of amides is 1. The molecule has 1 amide bonds. The number of nitrogens with one attached hydrogen (secondary N) is 2. The van der Waals surface area contributed by atoms with Crippen LogP contribution in [0.1, 0.15) is 24.8 Å². The number of hydrogen-bond acceptors (Lipinski definition) is 3. The number of fused-ring (bicyclic) bond motifs is 1. The van der Waals surface area contributed by atoms with Gasteiger partial charge in [0.25, 0.3) is 0 Å². The Bertz CT molecular complexity index is 420. The van der Waals surface area contributed by atoms with Gasteiger partial charge in [0.05, 0.1) is 0 Å². The molecule has 0 atom stereocenters. The summed E-state index contributed by atoms with van der Waals surface area (Å²) >= 11 is 1.91. The van der Waals surface area contributed by atoms with Crippen molar-refractivity contribution in [3.05, 3.63) is 23.8 Å². The first-order chi connectivity index (χ1) is 8.79. The van der Waals surface area contributed by atoms with Gasteiger partial charge in [0, 0.05) is 17.0 Å². The van der Waals surface area contributed by atoms with Gasteiger partial charge in [-0.2, -0.15) is 0 Å². The highest BCUT2D eigenvalue weighted by molar-refractivity contribution is 7.99. The number of carbonyl (C=O) groups excluding carboxylic acids is 1. The third-order valence-electron chi connectivity index (χ3n) is 3.02. The van der Waals surface area contributed by atoms with E-state index in [1.165, 1.54) is 22.6 Å². The Kier molecular flexibility index (Phi) is 5.08. The minimum Gasteiger partial charge on any atom is -0.326 e. The lowest BCUT2D eigenvalue weighted by molar-refractivity contribution is -0.116. The highest BCUT2D eigenvalue weighted by atomic mass is 32.2. The minimum atomic E-state index is 0.105. The van der Waals surface area contributed by atoms with Crippen LogP contribution in [0.25, 0.3) is 0 Å². The first kappa shape index (κ1) is 13.4. The Labute approximate surface area is 113 Å². The van der Waals surface area contributed by atoms with Gasteiger partial charge in [-0.3, -0.25) is 4.79 Å². The molecule has 18 heavy (non-hydrogen) atoms. The molecule has 0 aliphatic carbocycles. The normalized spacial score (nSPS) is 14.1. The van der Waals surface area contributed by atoms with Gasteiger partial charge in [0.1, 0.15) is 0 Å². The van der Waals surface area contributed by atoms with Gasteiger partial charge >= 0.3 is 0 Å². The third kappa shape index (κ3) is 3.75. The molecule has 1 heterocycles. The fraction of sp³-hybridized carbons (Fsp3) is 0.500. The lowest BCUT2D eigenvalue weighted by atomic mass is 10.1. The number of hydrogen-bond donors (Lipinski definition) is 2. The van der Waals surface area contributed by atoms with Crippen molar-refractivity contribution in [2.75, 3.05) is 24.7 Å². The van der Waals surface area contributed by atoms with Crippen molar-refractivity contribution in [2.24, 2.45) is 0 Å². The SMILES string of the molecule is CNCCCC(=O)Nc1ccc2c(c1)CCCS2. The van der Waals surface area contributed by atoms with Crippen molar-refractivity contribution >= 4 is 23.4 Å². The van der Waals surface area contributed by atoms with Gasteiger partial charge in [-0.25, -0.2) is 0 Å². The summed E-state index contributed by atoms with van der Waals surface area (Å²) in [6.07, 6.45) is 3.82. The molecule has 0 radical (unpaired) electrons. The maximum Gasteiger partial charge on any atom is 0.224 e. The summed E-state index contributed by atoms with van der Waals surface area (Å²) in [4.78, 5) is 13.1. The average molecular weight is 264 g/mol. The summed E-state index contributed by atoms with van der Waals surface area (Å²) in [6, 6.07) is 6.26. The van der Waals surface area contributed by atoms with E-state index in [1.54, 1.807) is 0 Å². The first-order valence-corrected chi connectivity index (χ1v) is 7.48. The number of carbonyl (C=O) groups is 1. The van der Waals surface area contributed by atoms with E-state index < -0.39 is 0 Å². The van der Waals surface area contributed by atoms with Crippen LogP contribution in [0, 0.1) is 0 Å². The molecule has 0 saturated carbocycles. The molecule has 1 aromatic carbocycles. The molecule has 0 fully saturated rings. The number of thioether (sulfide) groups is 1. The van der Waals surface area contributed by atoms with Crippen molar-refractivity contribution in [3.8, 4) is 0 Å². The van der Waals surface area contributed by atoms with Crippen molar-refractivity contribution in [3.63, 3.8) is 0 Å². The lowest BCUT2D eigenvalue weighted by Gasteiger charge is -2.16. The zero-order chi connectivity index (χ0) is 12.8. The zero-order valence-corrected chi connectivity index (χ0v) is 11.6. The van der Waals surface area contributed by atoms with Gasteiger partial charge in [-0.1, -0.05) is 0 Å². The van der Waals surface area contributed by atoms with Gasteiger partial charge in [-0.05, 0) is 62.4 Å². The molecular weight excluding hydrogens is 244 g/mol. The molecule has 0 aromatic heterocycles. The van der Waals surface area contributed by atoms with E-state index in [-0.39, 0.29) is 5.91 Å². The molecule has 0 bridgehead atoms. The summed E-state index contributed by atoms with van der Waals surface area (Å²) < 4.78 is 0. The maximum atomic E-state index is 11.7. The van der Waals surface area contributed by atoms with Crippen LogP contribution in [0.2, 0.25) is 0 Å². The Morgan fingerprint density at radius 1 is 1.44 bits per heavy atom. The Morgan fingerprint density at radius 3 is 3.17 bits per heavy atom. The number of rotatable bonds is 5. The summed E-state index contributed by atoms with van der Waals surface area (Å²) in [5, 5.41) is 6.02. The number of aryl methyl sites for hydroxylation is 1.